The average molecular weight is 480 g/mol. The Hall–Kier alpha value is -3.45. The molecule has 34 heavy (non-hydrogen) atoms. The van der Waals surface area contributed by atoms with Gasteiger partial charge in [-0.2, -0.15) is 5.10 Å². The molecule has 7 nitrogen and oxygen atoms in total. The zero-order valence-corrected chi connectivity index (χ0v) is 20.2. The zero-order chi connectivity index (χ0) is 24.6. The van der Waals surface area contributed by atoms with Gasteiger partial charge in [-0.1, -0.05) is 53.6 Å². The molecule has 1 amide bonds. The largest absolute Gasteiger partial charge is 0.420 e. The Morgan fingerprint density at radius 2 is 1.79 bits per heavy atom. The van der Waals surface area contributed by atoms with E-state index in [4.69, 9.17) is 16.3 Å². The van der Waals surface area contributed by atoms with E-state index >= 15 is 0 Å². The molecule has 3 aromatic rings. The van der Waals surface area contributed by atoms with Gasteiger partial charge in [-0.3, -0.25) is 19.1 Å². The molecule has 0 fully saturated rings. The standard InChI is InChI=1S/C26H26ClN3O4/c1-15(2)29-14-21(30-24(26(29)33)25(34-17(4)31)22(32)13-28-30)23(18-8-5-7-16(3)11-18)19-9-6-10-20(27)12-19/h5-13,15,21,23H,14H2,1-4H3. The van der Waals surface area contributed by atoms with Gasteiger partial charge in [0.2, 0.25) is 11.2 Å². The monoisotopic (exact) mass is 479 g/mol. The van der Waals surface area contributed by atoms with Crippen LogP contribution in [-0.4, -0.2) is 39.1 Å². The van der Waals surface area contributed by atoms with Crippen LogP contribution in [0.3, 0.4) is 0 Å². The van der Waals surface area contributed by atoms with Gasteiger partial charge in [0.05, 0.1) is 12.2 Å². The Balaban J connectivity index is 2.00. The molecule has 176 valence electrons. The molecule has 8 heteroatoms. The van der Waals surface area contributed by atoms with Crippen molar-refractivity contribution in [2.24, 2.45) is 0 Å². The molecule has 2 heterocycles. The number of hydrogen-bond acceptors (Lipinski definition) is 5. The van der Waals surface area contributed by atoms with Crippen LogP contribution >= 0.6 is 11.6 Å². The van der Waals surface area contributed by atoms with Gasteiger partial charge >= 0.3 is 5.97 Å². The van der Waals surface area contributed by atoms with Crippen LogP contribution in [-0.2, 0) is 4.79 Å². The van der Waals surface area contributed by atoms with Crippen molar-refractivity contribution < 1.29 is 14.3 Å². The van der Waals surface area contributed by atoms with Crippen LogP contribution in [0.25, 0.3) is 0 Å². The molecule has 0 radical (unpaired) electrons. The van der Waals surface area contributed by atoms with E-state index in [0.29, 0.717) is 11.6 Å². The minimum Gasteiger partial charge on any atom is -0.420 e. The Kier molecular flexibility index (Phi) is 6.57. The van der Waals surface area contributed by atoms with Crippen molar-refractivity contribution in [3.8, 4) is 5.75 Å². The van der Waals surface area contributed by atoms with Crippen molar-refractivity contribution >= 4 is 23.5 Å². The molecule has 1 aliphatic heterocycles. The number of fused-ring (bicyclic) bond motifs is 1. The van der Waals surface area contributed by atoms with E-state index in [9.17, 15) is 14.4 Å². The first-order valence-corrected chi connectivity index (χ1v) is 11.5. The summed E-state index contributed by atoms with van der Waals surface area (Å²) in [7, 11) is 0. The van der Waals surface area contributed by atoms with Gasteiger partial charge in [0.25, 0.3) is 5.91 Å². The third kappa shape index (κ3) is 4.48. The van der Waals surface area contributed by atoms with Gasteiger partial charge in [-0.05, 0) is 44.0 Å². The predicted octanol–water partition coefficient (Wildman–Crippen LogP) is 4.37. The van der Waals surface area contributed by atoms with Crippen LogP contribution in [0.15, 0.2) is 59.5 Å². The summed E-state index contributed by atoms with van der Waals surface area (Å²) in [6.45, 7) is 7.38. The van der Waals surface area contributed by atoms with Crippen molar-refractivity contribution in [3.05, 3.63) is 92.4 Å². The Labute approximate surface area is 202 Å². The number of rotatable bonds is 5. The van der Waals surface area contributed by atoms with E-state index in [1.807, 2.05) is 63.2 Å². The fourth-order valence-corrected chi connectivity index (χ4v) is 4.73. The van der Waals surface area contributed by atoms with Crippen LogP contribution in [0.4, 0.5) is 0 Å². The molecule has 0 aliphatic carbocycles. The lowest BCUT2D eigenvalue weighted by molar-refractivity contribution is -0.132. The summed E-state index contributed by atoms with van der Waals surface area (Å²) in [6, 6.07) is 15.2. The first-order chi connectivity index (χ1) is 16.2. The van der Waals surface area contributed by atoms with Crippen LogP contribution < -0.4 is 10.2 Å². The van der Waals surface area contributed by atoms with E-state index in [2.05, 4.69) is 11.2 Å². The SMILES string of the molecule is CC(=O)Oc1c2n(ncc1=O)C(C(c1cccc(C)c1)c1cccc(Cl)c1)CN(C(C)C)C2=O. The number of halogens is 1. The lowest BCUT2D eigenvalue weighted by atomic mass is 9.83. The molecule has 2 unspecified atom stereocenters. The van der Waals surface area contributed by atoms with Gasteiger partial charge < -0.3 is 9.64 Å². The lowest BCUT2D eigenvalue weighted by Gasteiger charge is -2.41. The second kappa shape index (κ2) is 9.43. The predicted molar refractivity (Wildman–Crippen MR) is 129 cm³/mol. The van der Waals surface area contributed by atoms with Crippen molar-refractivity contribution in [2.45, 2.75) is 45.7 Å². The molecule has 2 atom stereocenters. The smallest absolute Gasteiger partial charge is 0.308 e. The fraction of sp³-hybridized carbons (Fsp3) is 0.308. The van der Waals surface area contributed by atoms with E-state index in [1.165, 1.54) is 11.6 Å². The molecule has 1 aromatic heterocycles. The number of benzene rings is 2. The number of carbonyl (C=O) groups is 2. The highest BCUT2D eigenvalue weighted by atomic mass is 35.5. The van der Waals surface area contributed by atoms with E-state index in [0.717, 1.165) is 22.9 Å². The molecular weight excluding hydrogens is 454 g/mol. The molecule has 0 N–H and O–H groups in total. The second-order valence-corrected chi connectivity index (χ2v) is 9.23. The van der Waals surface area contributed by atoms with Crippen LogP contribution in [0.5, 0.6) is 5.75 Å². The molecular formula is C26H26ClN3O4. The van der Waals surface area contributed by atoms with E-state index in [1.54, 1.807) is 4.90 Å². The Morgan fingerprint density at radius 3 is 2.41 bits per heavy atom. The van der Waals surface area contributed by atoms with Gasteiger partial charge in [0.15, 0.2) is 5.69 Å². The molecule has 0 spiro atoms. The zero-order valence-electron chi connectivity index (χ0n) is 19.5. The number of carbonyl (C=O) groups excluding carboxylic acids is 2. The summed E-state index contributed by atoms with van der Waals surface area (Å²) < 4.78 is 6.78. The van der Waals surface area contributed by atoms with Gasteiger partial charge in [0, 0.05) is 30.5 Å². The maximum Gasteiger partial charge on any atom is 0.308 e. The summed E-state index contributed by atoms with van der Waals surface area (Å²) in [5, 5.41) is 4.96. The maximum atomic E-state index is 13.5. The number of amides is 1. The minimum atomic E-state index is -0.679. The van der Waals surface area contributed by atoms with Crippen LogP contribution in [0, 0.1) is 6.92 Å². The van der Waals surface area contributed by atoms with E-state index < -0.39 is 17.3 Å². The highest BCUT2D eigenvalue weighted by Gasteiger charge is 2.41. The molecule has 0 saturated carbocycles. The summed E-state index contributed by atoms with van der Waals surface area (Å²) in [5.74, 6) is -1.62. The normalized spacial score (nSPS) is 16.4. The number of aromatic nitrogens is 2. The third-order valence-electron chi connectivity index (χ3n) is 5.99. The summed E-state index contributed by atoms with van der Waals surface area (Å²) >= 11 is 6.37. The number of nitrogens with zero attached hydrogens (tertiary/aromatic N) is 3. The van der Waals surface area contributed by atoms with Crippen molar-refractivity contribution in [3.63, 3.8) is 0 Å². The molecule has 0 bridgehead atoms. The van der Waals surface area contributed by atoms with Crippen molar-refractivity contribution in [1.29, 1.82) is 0 Å². The van der Waals surface area contributed by atoms with Crippen LogP contribution in [0.1, 0.15) is 59.9 Å². The molecule has 2 aromatic carbocycles. The summed E-state index contributed by atoms with van der Waals surface area (Å²) in [6.07, 6.45) is 1.10. The fourth-order valence-electron chi connectivity index (χ4n) is 4.53. The quantitative estimate of drug-likeness (QED) is 0.507. The van der Waals surface area contributed by atoms with Crippen molar-refractivity contribution in [1.82, 2.24) is 14.7 Å². The van der Waals surface area contributed by atoms with E-state index in [-0.39, 0.29) is 29.4 Å². The average Bonchev–Trinajstić information content (AvgIpc) is 2.77. The molecule has 0 saturated heterocycles. The Morgan fingerprint density at radius 1 is 1.12 bits per heavy atom. The summed E-state index contributed by atoms with van der Waals surface area (Å²) in [4.78, 5) is 39.5. The lowest BCUT2D eigenvalue weighted by Crippen LogP contribution is -2.50. The first-order valence-electron chi connectivity index (χ1n) is 11.1. The van der Waals surface area contributed by atoms with Crippen molar-refractivity contribution in [2.75, 3.05) is 6.54 Å². The number of ether oxygens (including phenoxy) is 1. The topological polar surface area (TPSA) is 81.5 Å². The second-order valence-electron chi connectivity index (χ2n) is 8.79. The van der Waals surface area contributed by atoms with Gasteiger partial charge in [0.1, 0.15) is 0 Å². The maximum absolute atomic E-state index is 13.5. The Bertz CT molecular complexity index is 1270. The third-order valence-corrected chi connectivity index (χ3v) is 6.23. The highest BCUT2D eigenvalue weighted by molar-refractivity contribution is 6.30. The minimum absolute atomic E-state index is 0.0210. The number of esters is 1. The number of aryl methyl sites for hydroxylation is 1. The van der Waals surface area contributed by atoms with Gasteiger partial charge in [-0.15, -0.1) is 0 Å². The van der Waals surface area contributed by atoms with Crippen LogP contribution in [0.2, 0.25) is 5.02 Å². The van der Waals surface area contributed by atoms with Gasteiger partial charge in [-0.25, -0.2) is 0 Å². The summed E-state index contributed by atoms with van der Waals surface area (Å²) in [5.41, 5.74) is 2.42. The number of hydrogen-bond donors (Lipinski definition) is 0. The molecule has 1 aliphatic rings. The highest BCUT2D eigenvalue weighted by Crippen LogP contribution is 2.40. The molecule has 4 rings (SSSR count). The first kappa shape index (κ1) is 23.7.